The van der Waals surface area contributed by atoms with E-state index in [2.05, 4.69) is 10.3 Å². The summed E-state index contributed by atoms with van der Waals surface area (Å²) in [7, 11) is 0. The average Bonchev–Trinajstić information content (AvgIpc) is 2.71. The van der Waals surface area contributed by atoms with Crippen molar-refractivity contribution in [2.45, 2.75) is 39.7 Å². The molecule has 1 aromatic heterocycles. The fraction of sp³-hybridized carbons (Fsp3) is 0.261. The summed E-state index contributed by atoms with van der Waals surface area (Å²) in [5, 5.41) is 15.4. The summed E-state index contributed by atoms with van der Waals surface area (Å²) >= 11 is 5.95. The molecule has 0 radical (unpaired) electrons. The maximum atomic E-state index is 11.5. The van der Waals surface area contributed by atoms with Crippen molar-refractivity contribution >= 4 is 23.1 Å². The molecule has 142 valence electrons. The van der Waals surface area contributed by atoms with Crippen LogP contribution in [0.15, 0.2) is 66.9 Å². The molecule has 0 aliphatic carbocycles. The third-order valence-corrected chi connectivity index (χ3v) is 4.65. The van der Waals surface area contributed by atoms with Crippen LogP contribution in [0.1, 0.15) is 43.9 Å². The van der Waals surface area contributed by atoms with Crippen LogP contribution in [0, 0.1) is 6.92 Å². The third kappa shape index (κ3) is 4.88. The highest BCUT2D eigenvalue weighted by Gasteiger charge is 2.32. The summed E-state index contributed by atoms with van der Waals surface area (Å²) in [6.45, 7) is 8.01. The number of hydrogen-bond donors (Lipinski definition) is 2. The molecular formula is C23H27ClN2O. The molecule has 3 rings (SSSR count). The van der Waals surface area contributed by atoms with E-state index in [1.807, 2.05) is 88.4 Å². The van der Waals surface area contributed by atoms with Gasteiger partial charge in [-0.1, -0.05) is 68.3 Å². The van der Waals surface area contributed by atoms with E-state index in [1.165, 1.54) is 0 Å². The number of aliphatic hydroxyl groups is 1. The van der Waals surface area contributed by atoms with Crippen molar-refractivity contribution in [3.63, 3.8) is 0 Å². The van der Waals surface area contributed by atoms with E-state index in [0.29, 0.717) is 17.3 Å². The highest BCUT2D eigenvalue weighted by molar-refractivity contribution is 6.30. The van der Waals surface area contributed by atoms with Gasteiger partial charge in [0.1, 0.15) is 11.4 Å². The molecule has 27 heavy (non-hydrogen) atoms. The summed E-state index contributed by atoms with van der Waals surface area (Å²) in [6, 6.07) is 19.1. The number of halogens is 1. The van der Waals surface area contributed by atoms with Crippen molar-refractivity contribution < 1.29 is 5.11 Å². The number of nitrogens with one attached hydrogen (secondary N) is 1. The zero-order valence-corrected chi connectivity index (χ0v) is 17.1. The van der Waals surface area contributed by atoms with Gasteiger partial charge >= 0.3 is 0 Å². The number of anilines is 2. The highest BCUT2D eigenvalue weighted by atomic mass is 35.5. The van der Waals surface area contributed by atoms with Gasteiger partial charge in [-0.2, -0.15) is 0 Å². The van der Waals surface area contributed by atoms with Crippen LogP contribution in [-0.2, 0) is 5.60 Å². The van der Waals surface area contributed by atoms with Crippen molar-refractivity contribution in [3.05, 3.63) is 88.6 Å². The molecule has 3 aromatic rings. The molecule has 0 spiro atoms. The van der Waals surface area contributed by atoms with Gasteiger partial charge in [0.2, 0.25) is 0 Å². The van der Waals surface area contributed by atoms with E-state index >= 15 is 0 Å². The van der Waals surface area contributed by atoms with Crippen molar-refractivity contribution in [2.24, 2.45) is 0 Å². The fourth-order valence-electron chi connectivity index (χ4n) is 2.89. The number of hydrogen-bond acceptors (Lipinski definition) is 3. The number of aryl methyl sites for hydroxylation is 1. The molecule has 0 amide bonds. The summed E-state index contributed by atoms with van der Waals surface area (Å²) < 4.78 is 0. The molecule has 1 atom stereocenters. The van der Waals surface area contributed by atoms with E-state index in [0.717, 1.165) is 22.4 Å². The lowest BCUT2D eigenvalue weighted by atomic mass is 9.84. The largest absolute Gasteiger partial charge is 0.380 e. The van der Waals surface area contributed by atoms with Crippen LogP contribution in [0.2, 0.25) is 5.02 Å². The molecule has 0 aliphatic rings. The standard InChI is InChI=1S/C21H21ClN2O.C2H6/c1-3-21(25,16-8-6-15(2)7-9-16)19-5-4-14-23-20(19)24-18-12-10-17(22)11-13-18;1-2/h4-14,25H,3H2,1-2H3,(H,23,24);1-2H3. The predicted molar refractivity (Wildman–Crippen MR) is 115 cm³/mol. The summed E-state index contributed by atoms with van der Waals surface area (Å²) in [5.74, 6) is 0.634. The number of benzene rings is 2. The van der Waals surface area contributed by atoms with E-state index < -0.39 is 5.60 Å². The Morgan fingerprint density at radius 1 is 1.00 bits per heavy atom. The zero-order valence-electron chi connectivity index (χ0n) is 16.3. The van der Waals surface area contributed by atoms with E-state index in [1.54, 1.807) is 6.20 Å². The summed E-state index contributed by atoms with van der Waals surface area (Å²) in [5.41, 5.74) is 2.51. The second-order valence-electron chi connectivity index (χ2n) is 6.11. The number of nitrogens with zero attached hydrogens (tertiary/aromatic N) is 1. The maximum absolute atomic E-state index is 11.5. The zero-order chi connectivity index (χ0) is 19.9. The molecule has 0 saturated carbocycles. The normalized spacial score (nSPS) is 12.5. The van der Waals surface area contributed by atoms with Crippen LogP contribution < -0.4 is 5.32 Å². The van der Waals surface area contributed by atoms with E-state index in [-0.39, 0.29) is 0 Å². The molecule has 2 N–H and O–H groups in total. The third-order valence-electron chi connectivity index (χ3n) is 4.40. The van der Waals surface area contributed by atoms with Gasteiger partial charge in [-0.3, -0.25) is 0 Å². The SMILES string of the molecule is CC.CCC(O)(c1ccc(C)cc1)c1cccnc1Nc1ccc(Cl)cc1. The first-order valence-corrected chi connectivity index (χ1v) is 9.68. The minimum absolute atomic E-state index is 0.539. The molecule has 0 saturated heterocycles. The first-order chi connectivity index (χ1) is 13.0. The van der Waals surface area contributed by atoms with E-state index in [4.69, 9.17) is 11.6 Å². The van der Waals surface area contributed by atoms with Gasteiger partial charge in [0.25, 0.3) is 0 Å². The van der Waals surface area contributed by atoms with Gasteiger partial charge in [-0.25, -0.2) is 4.98 Å². The maximum Gasteiger partial charge on any atom is 0.136 e. The van der Waals surface area contributed by atoms with Gasteiger partial charge in [0.05, 0.1) is 0 Å². The molecule has 3 nitrogen and oxygen atoms in total. The Kier molecular flexibility index (Phi) is 7.40. The Hall–Kier alpha value is -2.36. The number of rotatable bonds is 5. The van der Waals surface area contributed by atoms with Gasteiger partial charge in [0.15, 0.2) is 0 Å². The van der Waals surface area contributed by atoms with Gasteiger partial charge in [0, 0.05) is 22.5 Å². The molecule has 1 heterocycles. The van der Waals surface area contributed by atoms with Crippen LogP contribution in [0.25, 0.3) is 0 Å². The van der Waals surface area contributed by atoms with Gasteiger partial charge in [-0.05, 0) is 49.2 Å². The quantitative estimate of drug-likeness (QED) is 0.532. The molecule has 4 heteroatoms. The average molecular weight is 383 g/mol. The minimum Gasteiger partial charge on any atom is -0.380 e. The number of pyridine rings is 1. The van der Waals surface area contributed by atoms with Gasteiger partial charge < -0.3 is 10.4 Å². The molecule has 1 unspecified atom stereocenters. The lowest BCUT2D eigenvalue weighted by molar-refractivity contribution is 0.0770. The lowest BCUT2D eigenvalue weighted by Crippen LogP contribution is -2.27. The molecular weight excluding hydrogens is 356 g/mol. The van der Waals surface area contributed by atoms with Crippen LogP contribution >= 0.6 is 11.6 Å². The first kappa shape index (κ1) is 20.9. The Morgan fingerprint density at radius 2 is 1.63 bits per heavy atom. The number of aromatic nitrogens is 1. The van der Waals surface area contributed by atoms with Gasteiger partial charge in [-0.15, -0.1) is 0 Å². The summed E-state index contributed by atoms with van der Waals surface area (Å²) in [6.07, 6.45) is 2.25. The highest BCUT2D eigenvalue weighted by Crippen LogP contribution is 2.37. The van der Waals surface area contributed by atoms with Crippen molar-refractivity contribution in [3.8, 4) is 0 Å². The first-order valence-electron chi connectivity index (χ1n) is 9.30. The Labute approximate surface area is 167 Å². The van der Waals surface area contributed by atoms with Crippen molar-refractivity contribution in [1.82, 2.24) is 4.98 Å². The molecule has 0 fully saturated rings. The van der Waals surface area contributed by atoms with Crippen LogP contribution in [-0.4, -0.2) is 10.1 Å². The summed E-state index contributed by atoms with van der Waals surface area (Å²) in [4.78, 5) is 4.45. The minimum atomic E-state index is -1.11. The molecule has 0 bridgehead atoms. The van der Waals surface area contributed by atoms with Crippen molar-refractivity contribution in [2.75, 3.05) is 5.32 Å². The Balaban J connectivity index is 0.00000126. The topological polar surface area (TPSA) is 45.2 Å². The second kappa shape index (κ2) is 9.54. The van der Waals surface area contributed by atoms with Crippen LogP contribution in [0.4, 0.5) is 11.5 Å². The predicted octanol–water partition coefficient (Wildman–Crippen LogP) is 6.46. The second-order valence-corrected chi connectivity index (χ2v) is 6.55. The van der Waals surface area contributed by atoms with Crippen LogP contribution in [0.3, 0.4) is 0 Å². The Morgan fingerprint density at radius 3 is 2.22 bits per heavy atom. The Bertz CT molecular complexity index is 847. The monoisotopic (exact) mass is 382 g/mol. The molecule has 2 aromatic carbocycles. The fourth-order valence-corrected chi connectivity index (χ4v) is 3.01. The molecule has 0 aliphatic heterocycles. The lowest BCUT2D eigenvalue weighted by Gasteiger charge is -2.30. The van der Waals surface area contributed by atoms with E-state index in [9.17, 15) is 5.11 Å². The van der Waals surface area contributed by atoms with Crippen molar-refractivity contribution in [1.29, 1.82) is 0 Å². The smallest absolute Gasteiger partial charge is 0.136 e. The van der Waals surface area contributed by atoms with Crippen LogP contribution in [0.5, 0.6) is 0 Å².